The standard InChI is InChI=1S/C15H22N2O2/c1-3-19-14(18)15(16,12-9-10-12)11-17(2)13-7-5-4-6-8-13/h4-8,12H,3,9-11,16H2,1-2H3. The van der Waals surface area contributed by atoms with Gasteiger partial charge in [0.1, 0.15) is 5.54 Å². The van der Waals surface area contributed by atoms with Crippen LogP contribution in [-0.2, 0) is 9.53 Å². The zero-order chi connectivity index (χ0) is 13.9. The average molecular weight is 262 g/mol. The molecule has 1 unspecified atom stereocenters. The minimum Gasteiger partial charge on any atom is -0.465 e. The molecule has 2 N–H and O–H groups in total. The van der Waals surface area contributed by atoms with Crippen LogP contribution in [0.25, 0.3) is 0 Å². The Balaban J connectivity index is 2.10. The second kappa shape index (κ2) is 5.61. The Morgan fingerprint density at radius 1 is 1.42 bits per heavy atom. The number of carbonyl (C=O) groups excluding carboxylic acids is 1. The molecule has 0 heterocycles. The molecule has 4 heteroatoms. The third kappa shape index (κ3) is 3.07. The molecule has 0 saturated heterocycles. The van der Waals surface area contributed by atoms with Crippen LogP contribution in [0.3, 0.4) is 0 Å². The Morgan fingerprint density at radius 2 is 2.05 bits per heavy atom. The molecule has 1 aliphatic rings. The first-order valence-electron chi connectivity index (χ1n) is 6.80. The van der Waals surface area contributed by atoms with Crippen LogP contribution in [0.4, 0.5) is 5.69 Å². The summed E-state index contributed by atoms with van der Waals surface area (Å²) in [6.45, 7) is 2.67. The molecule has 1 saturated carbocycles. The van der Waals surface area contributed by atoms with Gasteiger partial charge in [0, 0.05) is 19.3 Å². The van der Waals surface area contributed by atoms with Crippen molar-refractivity contribution in [3.8, 4) is 0 Å². The summed E-state index contributed by atoms with van der Waals surface area (Å²) >= 11 is 0. The lowest BCUT2D eigenvalue weighted by molar-refractivity contribution is -0.150. The third-order valence-electron chi connectivity index (χ3n) is 3.66. The van der Waals surface area contributed by atoms with E-state index in [0.717, 1.165) is 18.5 Å². The fourth-order valence-electron chi connectivity index (χ4n) is 2.39. The summed E-state index contributed by atoms with van der Waals surface area (Å²) in [6.07, 6.45) is 2.02. The largest absolute Gasteiger partial charge is 0.465 e. The Hall–Kier alpha value is -1.55. The highest BCUT2D eigenvalue weighted by Crippen LogP contribution is 2.39. The summed E-state index contributed by atoms with van der Waals surface area (Å²) in [5.74, 6) is -0.0296. The Kier molecular flexibility index (Phi) is 4.10. The van der Waals surface area contributed by atoms with Crippen molar-refractivity contribution in [1.82, 2.24) is 0 Å². The number of nitrogens with two attached hydrogens (primary N) is 1. The highest BCUT2D eigenvalue weighted by atomic mass is 16.5. The van der Waals surface area contributed by atoms with E-state index >= 15 is 0 Å². The summed E-state index contributed by atoms with van der Waals surface area (Å²) < 4.78 is 5.15. The molecule has 1 aromatic carbocycles. The van der Waals surface area contributed by atoms with Crippen molar-refractivity contribution in [2.24, 2.45) is 11.7 Å². The van der Waals surface area contributed by atoms with Gasteiger partial charge in [-0.1, -0.05) is 18.2 Å². The van der Waals surface area contributed by atoms with Gasteiger partial charge >= 0.3 is 5.97 Å². The normalized spacial score (nSPS) is 17.6. The number of hydrogen-bond acceptors (Lipinski definition) is 4. The zero-order valence-electron chi connectivity index (χ0n) is 11.6. The zero-order valence-corrected chi connectivity index (χ0v) is 11.6. The van der Waals surface area contributed by atoms with Crippen LogP contribution in [0.5, 0.6) is 0 Å². The van der Waals surface area contributed by atoms with Crippen molar-refractivity contribution in [2.75, 3.05) is 25.1 Å². The van der Waals surface area contributed by atoms with Gasteiger partial charge in [-0.25, -0.2) is 4.79 Å². The van der Waals surface area contributed by atoms with Crippen molar-refractivity contribution in [2.45, 2.75) is 25.3 Å². The number of likely N-dealkylation sites (N-methyl/N-ethyl adjacent to an activating group) is 1. The van der Waals surface area contributed by atoms with E-state index in [0.29, 0.717) is 13.2 Å². The molecule has 4 nitrogen and oxygen atoms in total. The van der Waals surface area contributed by atoms with Crippen LogP contribution in [0, 0.1) is 5.92 Å². The van der Waals surface area contributed by atoms with Crippen LogP contribution >= 0.6 is 0 Å². The van der Waals surface area contributed by atoms with Crippen LogP contribution in [0.15, 0.2) is 30.3 Å². The third-order valence-corrected chi connectivity index (χ3v) is 3.66. The van der Waals surface area contributed by atoms with Crippen molar-refractivity contribution in [3.05, 3.63) is 30.3 Å². The van der Waals surface area contributed by atoms with Gasteiger partial charge < -0.3 is 15.4 Å². The van der Waals surface area contributed by atoms with Gasteiger partial charge in [0.2, 0.25) is 0 Å². The minimum absolute atomic E-state index is 0.248. The van der Waals surface area contributed by atoms with E-state index in [1.807, 2.05) is 49.2 Å². The van der Waals surface area contributed by atoms with Crippen LogP contribution in [0.1, 0.15) is 19.8 Å². The molecule has 0 spiro atoms. The Morgan fingerprint density at radius 3 is 2.58 bits per heavy atom. The van der Waals surface area contributed by atoms with Crippen molar-refractivity contribution in [1.29, 1.82) is 0 Å². The van der Waals surface area contributed by atoms with E-state index in [4.69, 9.17) is 10.5 Å². The molecule has 1 aliphatic carbocycles. The molecule has 1 fully saturated rings. The average Bonchev–Trinajstić information content (AvgIpc) is 3.24. The van der Waals surface area contributed by atoms with Crippen LogP contribution < -0.4 is 10.6 Å². The molecule has 0 bridgehead atoms. The van der Waals surface area contributed by atoms with Gasteiger partial charge in [-0.05, 0) is 37.8 Å². The Labute approximate surface area is 114 Å². The second-order valence-electron chi connectivity index (χ2n) is 5.23. The molecule has 104 valence electrons. The first kappa shape index (κ1) is 13.9. The second-order valence-corrected chi connectivity index (χ2v) is 5.23. The van der Waals surface area contributed by atoms with Gasteiger partial charge in [-0.2, -0.15) is 0 Å². The number of para-hydroxylation sites is 1. The molecule has 1 aromatic rings. The van der Waals surface area contributed by atoms with Gasteiger partial charge in [0.05, 0.1) is 6.61 Å². The SMILES string of the molecule is CCOC(=O)C(N)(CN(C)c1ccccc1)C1CC1. The number of esters is 1. The number of anilines is 1. The van der Waals surface area contributed by atoms with Crippen molar-refractivity contribution >= 4 is 11.7 Å². The lowest BCUT2D eigenvalue weighted by Gasteiger charge is -2.32. The smallest absolute Gasteiger partial charge is 0.328 e. The number of rotatable bonds is 6. The van der Waals surface area contributed by atoms with E-state index in [9.17, 15) is 4.79 Å². The molecule has 0 aromatic heterocycles. The monoisotopic (exact) mass is 262 g/mol. The van der Waals surface area contributed by atoms with Crippen molar-refractivity contribution in [3.63, 3.8) is 0 Å². The molecular weight excluding hydrogens is 240 g/mol. The number of ether oxygens (including phenoxy) is 1. The van der Waals surface area contributed by atoms with Crippen LogP contribution in [0.2, 0.25) is 0 Å². The number of carbonyl (C=O) groups is 1. The molecule has 1 atom stereocenters. The van der Waals surface area contributed by atoms with E-state index in [1.54, 1.807) is 0 Å². The van der Waals surface area contributed by atoms with E-state index in [-0.39, 0.29) is 11.9 Å². The minimum atomic E-state index is -0.888. The van der Waals surface area contributed by atoms with Crippen molar-refractivity contribution < 1.29 is 9.53 Å². The van der Waals surface area contributed by atoms with Gasteiger partial charge in [-0.15, -0.1) is 0 Å². The van der Waals surface area contributed by atoms with E-state index in [1.165, 1.54) is 0 Å². The van der Waals surface area contributed by atoms with E-state index in [2.05, 4.69) is 0 Å². The van der Waals surface area contributed by atoms with E-state index < -0.39 is 5.54 Å². The summed E-state index contributed by atoms with van der Waals surface area (Å²) in [4.78, 5) is 14.2. The predicted molar refractivity (Wildman–Crippen MR) is 76.0 cm³/mol. The lowest BCUT2D eigenvalue weighted by atomic mass is 9.93. The molecule has 0 aliphatic heterocycles. The Bertz CT molecular complexity index is 431. The quantitative estimate of drug-likeness (QED) is 0.794. The highest BCUT2D eigenvalue weighted by Gasteiger charge is 2.49. The summed E-state index contributed by atoms with van der Waals surface area (Å²) in [7, 11) is 1.96. The molecular formula is C15H22N2O2. The fourth-order valence-corrected chi connectivity index (χ4v) is 2.39. The number of nitrogens with zero attached hydrogens (tertiary/aromatic N) is 1. The van der Waals surface area contributed by atoms with Gasteiger partial charge in [0.15, 0.2) is 0 Å². The number of hydrogen-bond donors (Lipinski definition) is 1. The molecule has 19 heavy (non-hydrogen) atoms. The topological polar surface area (TPSA) is 55.6 Å². The van der Waals surface area contributed by atoms with Crippen LogP contribution in [-0.4, -0.2) is 31.7 Å². The molecule has 0 radical (unpaired) electrons. The number of benzene rings is 1. The van der Waals surface area contributed by atoms with Gasteiger partial charge in [-0.3, -0.25) is 0 Å². The highest BCUT2D eigenvalue weighted by molar-refractivity contribution is 5.82. The first-order valence-corrected chi connectivity index (χ1v) is 6.80. The molecule has 2 rings (SSSR count). The predicted octanol–water partition coefficient (Wildman–Crippen LogP) is 1.79. The summed E-state index contributed by atoms with van der Waals surface area (Å²) in [6, 6.07) is 9.95. The maximum atomic E-state index is 12.1. The first-order chi connectivity index (χ1) is 9.08. The summed E-state index contributed by atoms with van der Waals surface area (Å²) in [5.41, 5.74) is 6.52. The summed E-state index contributed by atoms with van der Waals surface area (Å²) in [5, 5.41) is 0. The van der Waals surface area contributed by atoms with Gasteiger partial charge in [0.25, 0.3) is 0 Å². The maximum absolute atomic E-state index is 12.1. The maximum Gasteiger partial charge on any atom is 0.328 e. The molecule has 0 amide bonds. The fraction of sp³-hybridized carbons (Fsp3) is 0.533. The lowest BCUT2D eigenvalue weighted by Crippen LogP contribution is -2.58.